The van der Waals surface area contributed by atoms with E-state index in [0.29, 0.717) is 17.2 Å². The van der Waals surface area contributed by atoms with Crippen LogP contribution in [0.15, 0.2) is 48.5 Å². The molecule has 0 aromatic heterocycles. The quantitative estimate of drug-likeness (QED) is 0.489. The molecule has 0 aliphatic heterocycles. The summed E-state index contributed by atoms with van der Waals surface area (Å²) in [6.45, 7) is 1.99. The van der Waals surface area contributed by atoms with E-state index in [-0.39, 0.29) is 37.7 Å². The van der Waals surface area contributed by atoms with Crippen molar-refractivity contribution < 1.29 is 27.5 Å². The Labute approximate surface area is 201 Å². The molecule has 0 unspecified atom stereocenters. The van der Waals surface area contributed by atoms with Crippen LogP contribution < -0.4 is 19.1 Å². The van der Waals surface area contributed by atoms with E-state index in [1.165, 1.54) is 23.4 Å². The van der Waals surface area contributed by atoms with Crippen molar-refractivity contribution in [3.05, 3.63) is 54.1 Å². The van der Waals surface area contributed by atoms with Crippen LogP contribution in [0.3, 0.4) is 0 Å². The zero-order chi connectivity index (χ0) is 25.3. The largest absolute Gasteiger partial charge is 0.497 e. The monoisotopic (exact) mass is 491 g/mol. The molecule has 10 heteroatoms. The third kappa shape index (κ3) is 7.11. The highest BCUT2D eigenvalue weighted by Crippen LogP contribution is 2.29. The molecule has 2 aromatic carbocycles. The number of methoxy groups -OCH3 is 2. The number of anilines is 1. The number of sulfonamides is 1. The molecule has 0 aliphatic rings. The fourth-order valence-corrected chi connectivity index (χ4v) is 4.51. The van der Waals surface area contributed by atoms with Crippen molar-refractivity contribution in [1.29, 1.82) is 0 Å². The van der Waals surface area contributed by atoms with E-state index in [0.717, 1.165) is 11.8 Å². The molecule has 0 spiro atoms. The van der Waals surface area contributed by atoms with Crippen molar-refractivity contribution in [3.8, 4) is 11.5 Å². The van der Waals surface area contributed by atoms with Gasteiger partial charge in [0.1, 0.15) is 17.5 Å². The summed E-state index contributed by atoms with van der Waals surface area (Å²) in [5, 5.41) is 2.58. The highest BCUT2D eigenvalue weighted by atomic mass is 32.2. The van der Waals surface area contributed by atoms with Gasteiger partial charge < -0.3 is 19.7 Å². The number of benzene rings is 2. The predicted octanol–water partition coefficient (Wildman–Crippen LogP) is 2.41. The van der Waals surface area contributed by atoms with Gasteiger partial charge >= 0.3 is 0 Å². The van der Waals surface area contributed by atoms with Crippen LogP contribution in [0.2, 0.25) is 0 Å². The van der Waals surface area contributed by atoms with Crippen molar-refractivity contribution in [2.75, 3.05) is 38.4 Å². The first kappa shape index (κ1) is 27.0. The van der Waals surface area contributed by atoms with Gasteiger partial charge in [0.05, 0.1) is 26.2 Å². The maximum absolute atomic E-state index is 13.2. The van der Waals surface area contributed by atoms with Gasteiger partial charge in [-0.15, -0.1) is 0 Å². The lowest BCUT2D eigenvalue weighted by molar-refractivity contribution is -0.140. The second kappa shape index (κ2) is 12.3. The average molecular weight is 492 g/mol. The lowest BCUT2D eigenvalue weighted by Crippen LogP contribution is -2.46. The van der Waals surface area contributed by atoms with E-state index >= 15 is 0 Å². The van der Waals surface area contributed by atoms with E-state index in [9.17, 15) is 18.0 Å². The van der Waals surface area contributed by atoms with Gasteiger partial charge in [-0.25, -0.2) is 8.42 Å². The van der Waals surface area contributed by atoms with Crippen LogP contribution in [0.5, 0.6) is 11.5 Å². The second-order valence-corrected chi connectivity index (χ2v) is 9.68. The number of carbonyl (C=O) groups is 2. The molecule has 0 aliphatic carbocycles. The SMILES string of the molecule is CNC(=O)[C@H](C)N(Cc1ccc(OC)cc1)C(=O)CCCN(c1ccccc1OC)S(C)(=O)=O. The number of nitrogens with one attached hydrogen (secondary N) is 1. The molecule has 34 heavy (non-hydrogen) atoms. The minimum atomic E-state index is -3.61. The zero-order valence-corrected chi connectivity index (χ0v) is 21.1. The van der Waals surface area contributed by atoms with Crippen LogP contribution >= 0.6 is 0 Å². The van der Waals surface area contributed by atoms with Crippen molar-refractivity contribution in [2.24, 2.45) is 0 Å². The summed E-state index contributed by atoms with van der Waals surface area (Å²) in [4.78, 5) is 26.9. The fourth-order valence-electron chi connectivity index (χ4n) is 3.54. The topological polar surface area (TPSA) is 105 Å². The van der Waals surface area contributed by atoms with Crippen molar-refractivity contribution in [3.63, 3.8) is 0 Å². The molecular formula is C24H33N3O6S. The minimum absolute atomic E-state index is 0.0681. The first-order valence-electron chi connectivity index (χ1n) is 10.9. The first-order valence-corrected chi connectivity index (χ1v) is 12.7. The summed E-state index contributed by atoms with van der Waals surface area (Å²) in [5.74, 6) is 0.584. The molecule has 9 nitrogen and oxygen atoms in total. The minimum Gasteiger partial charge on any atom is -0.497 e. The molecule has 0 fully saturated rings. The number of likely N-dealkylation sites (N-methyl/N-ethyl adjacent to an activating group) is 1. The molecule has 2 amide bonds. The van der Waals surface area contributed by atoms with Gasteiger partial charge in [0.2, 0.25) is 21.8 Å². The van der Waals surface area contributed by atoms with Crippen LogP contribution in [0, 0.1) is 0 Å². The van der Waals surface area contributed by atoms with E-state index in [4.69, 9.17) is 9.47 Å². The molecule has 0 heterocycles. The lowest BCUT2D eigenvalue weighted by atomic mass is 10.1. The Morgan fingerprint density at radius 3 is 2.24 bits per heavy atom. The second-order valence-electron chi connectivity index (χ2n) is 7.77. The maximum atomic E-state index is 13.2. The average Bonchev–Trinajstić information content (AvgIpc) is 2.83. The maximum Gasteiger partial charge on any atom is 0.242 e. The molecular weight excluding hydrogens is 458 g/mol. The number of amides is 2. The van der Waals surface area contributed by atoms with Gasteiger partial charge in [-0.05, 0) is 43.2 Å². The number of para-hydroxylation sites is 2. The Balaban J connectivity index is 2.17. The summed E-state index contributed by atoms with van der Waals surface area (Å²) < 4.78 is 36.6. The Morgan fingerprint density at radius 1 is 1.03 bits per heavy atom. The number of ether oxygens (including phenoxy) is 2. The van der Waals surface area contributed by atoms with E-state index in [1.54, 1.807) is 50.4 Å². The fraction of sp³-hybridized carbons (Fsp3) is 0.417. The van der Waals surface area contributed by atoms with Gasteiger partial charge in [-0.3, -0.25) is 13.9 Å². The van der Waals surface area contributed by atoms with E-state index < -0.39 is 16.1 Å². The number of carbonyl (C=O) groups excluding carboxylic acids is 2. The lowest BCUT2D eigenvalue weighted by Gasteiger charge is -2.29. The summed E-state index contributed by atoms with van der Waals surface area (Å²) in [7, 11) is 0.960. The van der Waals surface area contributed by atoms with Crippen LogP contribution in [0.1, 0.15) is 25.3 Å². The van der Waals surface area contributed by atoms with E-state index in [2.05, 4.69) is 5.32 Å². The number of hydrogen-bond acceptors (Lipinski definition) is 6. The Kier molecular flexibility index (Phi) is 9.73. The van der Waals surface area contributed by atoms with Crippen LogP contribution in [-0.2, 0) is 26.2 Å². The molecule has 0 saturated carbocycles. The third-order valence-electron chi connectivity index (χ3n) is 5.43. The molecule has 2 rings (SSSR count). The van der Waals surface area contributed by atoms with Gasteiger partial charge in [0, 0.05) is 26.6 Å². The number of nitrogens with zero attached hydrogens (tertiary/aromatic N) is 2. The number of rotatable bonds is 12. The summed E-state index contributed by atoms with van der Waals surface area (Å²) in [5.41, 5.74) is 1.26. The van der Waals surface area contributed by atoms with Gasteiger partial charge in [0.25, 0.3) is 0 Å². The predicted molar refractivity (Wildman–Crippen MR) is 131 cm³/mol. The molecule has 186 valence electrons. The van der Waals surface area contributed by atoms with Crippen LogP contribution in [0.4, 0.5) is 5.69 Å². The normalized spacial score (nSPS) is 11.9. The van der Waals surface area contributed by atoms with Gasteiger partial charge in [-0.1, -0.05) is 24.3 Å². The van der Waals surface area contributed by atoms with Crippen molar-refractivity contribution >= 4 is 27.5 Å². The zero-order valence-electron chi connectivity index (χ0n) is 20.3. The Hall–Kier alpha value is -3.27. The molecule has 2 aromatic rings. The highest BCUT2D eigenvalue weighted by molar-refractivity contribution is 7.92. The summed E-state index contributed by atoms with van der Waals surface area (Å²) in [6.07, 6.45) is 1.45. The van der Waals surface area contributed by atoms with Gasteiger partial charge in [-0.2, -0.15) is 0 Å². The summed E-state index contributed by atoms with van der Waals surface area (Å²) >= 11 is 0. The standard InChI is InChI=1S/C24H33N3O6S/c1-18(24(29)25-2)26(17-19-12-14-20(32-3)15-13-19)23(28)11-8-16-27(34(5,30)31)21-9-6-7-10-22(21)33-4/h6-7,9-10,12-15,18H,8,11,16-17H2,1-5H3,(H,25,29)/t18-/m0/s1. The summed E-state index contributed by atoms with van der Waals surface area (Å²) in [6, 6.07) is 13.4. The Morgan fingerprint density at radius 2 is 1.68 bits per heavy atom. The molecule has 0 radical (unpaired) electrons. The molecule has 0 bridgehead atoms. The molecule has 1 N–H and O–H groups in total. The highest BCUT2D eigenvalue weighted by Gasteiger charge is 2.26. The van der Waals surface area contributed by atoms with Crippen LogP contribution in [0.25, 0.3) is 0 Å². The molecule has 0 saturated heterocycles. The van der Waals surface area contributed by atoms with Crippen LogP contribution in [-0.4, -0.2) is 65.2 Å². The Bertz CT molecular complexity index is 1070. The first-order chi connectivity index (χ1) is 16.1. The number of hydrogen-bond donors (Lipinski definition) is 1. The van der Waals surface area contributed by atoms with E-state index in [1.807, 2.05) is 12.1 Å². The van der Waals surface area contributed by atoms with Crippen molar-refractivity contribution in [1.82, 2.24) is 10.2 Å². The third-order valence-corrected chi connectivity index (χ3v) is 6.61. The smallest absolute Gasteiger partial charge is 0.242 e. The van der Waals surface area contributed by atoms with Gasteiger partial charge in [0.15, 0.2) is 0 Å². The van der Waals surface area contributed by atoms with Crippen molar-refractivity contribution in [2.45, 2.75) is 32.4 Å². The molecule has 1 atom stereocenters.